The lowest BCUT2D eigenvalue weighted by atomic mass is 9.79. The number of fused-ring (bicyclic) bond motifs is 3. The van der Waals surface area contributed by atoms with Crippen molar-refractivity contribution in [1.29, 1.82) is 0 Å². The van der Waals surface area contributed by atoms with Crippen LogP contribution < -0.4 is 0 Å². The Morgan fingerprint density at radius 2 is 0.909 bits per heavy atom. The zero-order valence-corrected chi connectivity index (χ0v) is 30.3. The third-order valence-corrected chi connectivity index (χ3v) is 10.9. The molecule has 10 rings (SSSR count). The van der Waals surface area contributed by atoms with Gasteiger partial charge >= 0.3 is 0 Å². The van der Waals surface area contributed by atoms with Gasteiger partial charge in [0, 0.05) is 22.6 Å². The number of nitrogens with zero attached hydrogens (tertiary/aromatic N) is 3. The Balaban J connectivity index is 1.06. The summed E-state index contributed by atoms with van der Waals surface area (Å²) in [6, 6.07) is 62.6. The van der Waals surface area contributed by atoms with Crippen molar-refractivity contribution in [2.75, 3.05) is 0 Å². The van der Waals surface area contributed by atoms with Crippen molar-refractivity contribution in [1.82, 2.24) is 15.0 Å². The minimum absolute atomic E-state index is 0.146. The van der Waals surface area contributed by atoms with Crippen molar-refractivity contribution in [3.05, 3.63) is 217 Å². The van der Waals surface area contributed by atoms with E-state index in [9.17, 15) is 0 Å². The molecule has 2 aliphatic carbocycles. The van der Waals surface area contributed by atoms with Crippen LogP contribution in [0.2, 0.25) is 0 Å². The first-order chi connectivity index (χ1) is 27.2. The van der Waals surface area contributed by atoms with E-state index in [1.165, 1.54) is 61.2 Å². The van der Waals surface area contributed by atoms with Crippen LogP contribution >= 0.6 is 0 Å². The molecule has 1 unspecified atom stereocenters. The fourth-order valence-corrected chi connectivity index (χ4v) is 8.20. The normalized spacial score (nSPS) is 14.3. The van der Waals surface area contributed by atoms with E-state index in [0.29, 0.717) is 17.5 Å². The summed E-state index contributed by atoms with van der Waals surface area (Å²) in [5, 5.41) is 0. The first-order valence-corrected chi connectivity index (χ1v) is 19.0. The molecule has 1 heterocycles. The van der Waals surface area contributed by atoms with Crippen molar-refractivity contribution in [3.63, 3.8) is 0 Å². The summed E-state index contributed by atoms with van der Waals surface area (Å²) >= 11 is 0. The zero-order chi connectivity index (χ0) is 36.6. The highest BCUT2D eigenvalue weighted by Crippen LogP contribution is 2.45. The largest absolute Gasteiger partial charge is 0.208 e. The van der Waals surface area contributed by atoms with Gasteiger partial charge in [0.15, 0.2) is 17.5 Å². The maximum absolute atomic E-state index is 5.16. The molecule has 0 amide bonds. The summed E-state index contributed by atoms with van der Waals surface area (Å²) in [7, 11) is 0. The van der Waals surface area contributed by atoms with Crippen LogP contribution in [0.15, 0.2) is 194 Å². The van der Waals surface area contributed by atoms with E-state index >= 15 is 0 Å². The summed E-state index contributed by atoms with van der Waals surface area (Å²) in [6.45, 7) is 0. The molecule has 0 fully saturated rings. The van der Waals surface area contributed by atoms with Gasteiger partial charge in [-0.05, 0) is 92.2 Å². The highest BCUT2D eigenvalue weighted by atomic mass is 15.0. The molecule has 55 heavy (non-hydrogen) atoms. The number of hydrogen-bond donors (Lipinski definition) is 0. The summed E-state index contributed by atoms with van der Waals surface area (Å²) < 4.78 is 0. The Bertz CT molecular complexity index is 2670. The second-order valence-corrected chi connectivity index (χ2v) is 14.3. The van der Waals surface area contributed by atoms with Gasteiger partial charge in [0.2, 0.25) is 0 Å². The molecule has 0 radical (unpaired) electrons. The van der Waals surface area contributed by atoms with Crippen molar-refractivity contribution >= 4 is 5.57 Å². The maximum atomic E-state index is 5.16. The van der Waals surface area contributed by atoms with Gasteiger partial charge in [0.1, 0.15) is 0 Å². The molecule has 2 aliphatic rings. The fourth-order valence-electron chi connectivity index (χ4n) is 8.20. The molecule has 3 nitrogen and oxygen atoms in total. The van der Waals surface area contributed by atoms with Crippen LogP contribution in [0, 0.1) is 0 Å². The van der Waals surface area contributed by atoms with E-state index in [4.69, 9.17) is 15.0 Å². The van der Waals surface area contributed by atoms with Gasteiger partial charge in [-0.3, -0.25) is 0 Å². The lowest BCUT2D eigenvalue weighted by molar-refractivity contribution is 0.858. The molecular formula is C52H37N3. The molecule has 7 aromatic carbocycles. The predicted molar refractivity (Wildman–Crippen MR) is 226 cm³/mol. The first-order valence-electron chi connectivity index (χ1n) is 19.0. The van der Waals surface area contributed by atoms with Gasteiger partial charge in [-0.1, -0.05) is 176 Å². The van der Waals surface area contributed by atoms with E-state index < -0.39 is 0 Å². The molecule has 0 N–H and O–H groups in total. The minimum atomic E-state index is 0.146. The number of allylic oxidation sites excluding steroid dienone is 4. The van der Waals surface area contributed by atoms with E-state index in [0.717, 1.165) is 29.5 Å². The maximum Gasteiger partial charge on any atom is 0.164 e. The highest BCUT2D eigenvalue weighted by molar-refractivity contribution is 5.87. The topological polar surface area (TPSA) is 38.7 Å². The second kappa shape index (κ2) is 14.1. The molecule has 8 aromatic rings. The van der Waals surface area contributed by atoms with Gasteiger partial charge in [-0.2, -0.15) is 0 Å². The summed E-state index contributed by atoms with van der Waals surface area (Å²) in [5.41, 5.74) is 16.9. The van der Waals surface area contributed by atoms with Gasteiger partial charge in [-0.25, -0.2) is 15.0 Å². The predicted octanol–water partition coefficient (Wildman–Crippen LogP) is 12.9. The number of aromatic nitrogens is 3. The lowest BCUT2D eigenvalue weighted by Gasteiger charge is -2.25. The Morgan fingerprint density at radius 1 is 0.382 bits per heavy atom. The van der Waals surface area contributed by atoms with Crippen LogP contribution in [0.5, 0.6) is 0 Å². The molecule has 1 atom stereocenters. The van der Waals surface area contributed by atoms with Crippen LogP contribution in [-0.4, -0.2) is 15.0 Å². The van der Waals surface area contributed by atoms with Gasteiger partial charge < -0.3 is 0 Å². The summed E-state index contributed by atoms with van der Waals surface area (Å²) in [4.78, 5) is 15.3. The quantitative estimate of drug-likeness (QED) is 0.166. The molecule has 0 spiro atoms. The summed E-state index contributed by atoms with van der Waals surface area (Å²) in [6.07, 6.45) is 8.61. The Kier molecular flexibility index (Phi) is 8.38. The molecule has 0 saturated carbocycles. The zero-order valence-electron chi connectivity index (χ0n) is 30.3. The van der Waals surface area contributed by atoms with Gasteiger partial charge in [-0.15, -0.1) is 0 Å². The van der Waals surface area contributed by atoms with Crippen LogP contribution in [0.25, 0.3) is 72.9 Å². The van der Waals surface area contributed by atoms with E-state index in [1.54, 1.807) is 0 Å². The highest BCUT2D eigenvalue weighted by Gasteiger charge is 2.24. The Hall–Kier alpha value is -6.97. The molecule has 1 aromatic heterocycles. The molecule has 0 saturated heterocycles. The van der Waals surface area contributed by atoms with Crippen LogP contribution in [-0.2, 0) is 6.42 Å². The van der Waals surface area contributed by atoms with Crippen molar-refractivity contribution in [3.8, 4) is 67.3 Å². The van der Waals surface area contributed by atoms with Crippen LogP contribution in [0.4, 0.5) is 0 Å². The molecular weight excluding hydrogens is 667 g/mol. The summed E-state index contributed by atoms with van der Waals surface area (Å²) in [5.74, 6) is 2.20. The third kappa shape index (κ3) is 6.30. The molecule has 0 bridgehead atoms. The van der Waals surface area contributed by atoms with Crippen molar-refractivity contribution < 1.29 is 0 Å². The molecule has 260 valence electrons. The van der Waals surface area contributed by atoms with E-state index in [1.807, 2.05) is 18.2 Å². The van der Waals surface area contributed by atoms with Gasteiger partial charge in [0.25, 0.3) is 0 Å². The smallest absolute Gasteiger partial charge is 0.164 e. The monoisotopic (exact) mass is 703 g/mol. The van der Waals surface area contributed by atoms with Gasteiger partial charge in [0.05, 0.1) is 0 Å². The Labute approximate surface area is 322 Å². The SMILES string of the molecule is C1=CC(c2c(-c3ccccc3)cc(-c3ccccc3)cc2-c2ccccc2)CC=C1c1nc(-c2ccccc2)nc(-c2ccc3c(c2)Cc2ccccc2-3)n1. The number of rotatable bonds is 7. The average Bonchev–Trinajstić information content (AvgIpc) is 3.65. The van der Waals surface area contributed by atoms with E-state index in [2.05, 4.69) is 176 Å². The van der Waals surface area contributed by atoms with Crippen molar-refractivity contribution in [2.45, 2.75) is 18.8 Å². The molecule has 3 heteroatoms. The van der Waals surface area contributed by atoms with Crippen molar-refractivity contribution in [2.24, 2.45) is 0 Å². The number of hydrogen-bond acceptors (Lipinski definition) is 3. The van der Waals surface area contributed by atoms with Crippen LogP contribution in [0.3, 0.4) is 0 Å². The fraction of sp³-hybridized carbons (Fsp3) is 0.0577. The third-order valence-electron chi connectivity index (χ3n) is 10.9. The molecule has 0 aliphatic heterocycles. The standard InChI is InChI=1S/C52H37N3/c1-5-15-35(16-6-1)43-33-47(36-17-7-2-8-18-36)49(48(34-43)37-19-9-3-10-20-37)38-25-27-40(28-26-38)51-53-50(39-21-11-4-12-22-39)54-52(55-51)42-29-30-46-44(32-42)31-41-23-13-14-24-45(41)46/h1-25,27-30,32-34,38H,26,31H2. The second-order valence-electron chi connectivity index (χ2n) is 14.3. The van der Waals surface area contributed by atoms with Crippen LogP contribution in [0.1, 0.15) is 34.9 Å². The lowest BCUT2D eigenvalue weighted by Crippen LogP contribution is -2.07. The van der Waals surface area contributed by atoms with E-state index in [-0.39, 0.29) is 5.92 Å². The first kappa shape index (κ1) is 32.7. The number of benzene rings is 7. The minimum Gasteiger partial charge on any atom is -0.208 e. The average molecular weight is 704 g/mol. The Morgan fingerprint density at radius 3 is 1.53 bits per heavy atom.